The highest BCUT2D eigenvalue weighted by molar-refractivity contribution is 5.92. The first-order valence-corrected chi connectivity index (χ1v) is 6.14. The summed E-state index contributed by atoms with van der Waals surface area (Å²) in [5.74, 6) is 0.300. The van der Waals surface area contributed by atoms with Crippen LogP contribution in [-0.2, 0) is 9.59 Å². The van der Waals surface area contributed by atoms with E-state index >= 15 is 0 Å². The summed E-state index contributed by atoms with van der Waals surface area (Å²) in [7, 11) is 1.71. The van der Waals surface area contributed by atoms with E-state index in [1.807, 2.05) is 0 Å². The van der Waals surface area contributed by atoms with Gasteiger partial charge < -0.3 is 15.0 Å². The minimum atomic E-state index is -0.343. The molecule has 106 valence electrons. The van der Waals surface area contributed by atoms with E-state index in [1.165, 1.54) is 6.92 Å². The van der Waals surface area contributed by atoms with Crippen molar-refractivity contribution in [3.05, 3.63) is 24.3 Å². The molecule has 0 aliphatic heterocycles. The summed E-state index contributed by atoms with van der Waals surface area (Å²) in [5, 5.41) is 11.0. The Morgan fingerprint density at radius 1 is 1.35 bits per heavy atom. The number of likely N-dealkylation sites (N-methyl/N-ethyl adjacent to an activating group) is 1. The van der Waals surface area contributed by atoms with E-state index in [-0.39, 0.29) is 18.2 Å². The van der Waals surface area contributed by atoms with Crippen LogP contribution in [0.15, 0.2) is 24.3 Å². The molecule has 1 rings (SSSR count). The Kier molecular flexibility index (Phi) is 6.04. The highest BCUT2D eigenvalue weighted by atomic mass is 16.5. The molecule has 0 saturated heterocycles. The van der Waals surface area contributed by atoms with E-state index in [1.54, 1.807) is 42.3 Å². The number of nitrogens with zero attached hydrogens (tertiary/aromatic N) is 2. The van der Waals surface area contributed by atoms with E-state index in [9.17, 15) is 9.59 Å². The molecule has 0 aliphatic rings. The van der Waals surface area contributed by atoms with Crippen molar-refractivity contribution in [2.45, 2.75) is 13.3 Å². The average molecular weight is 275 g/mol. The fourth-order valence-corrected chi connectivity index (χ4v) is 1.37. The van der Waals surface area contributed by atoms with Gasteiger partial charge in [0.15, 0.2) is 0 Å². The number of rotatable bonds is 6. The summed E-state index contributed by atoms with van der Waals surface area (Å²) in [6, 6.07) is 8.60. The van der Waals surface area contributed by atoms with Crippen LogP contribution in [0.2, 0.25) is 0 Å². The molecule has 1 aromatic carbocycles. The van der Waals surface area contributed by atoms with Crippen molar-refractivity contribution in [3.63, 3.8) is 0 Å². The standard InChI is InChI=1S/C14H17N3O3/c1-11(18)17(2)9-10-20-13-5-3-12(4-6-13)16-14(19)7-8-15/h3-6H,7,9-10H2,1-2H3,(H,16,19). The minimum absolute atomic E-state index is 0.0100. The highest BCUT2D eigenvalue weighted by Crippen LogP contribution is 2.15. The number of benzene rings is 1. The molecule has 20 heavy (non-hydrogen) atoms. The molecular weight excluding hydrogens is 258 g/mol. The Balaban J connectivity index is 2.41. The van der Waals surface area contributed by atoms with Gasteiger partial charge >= 0.3 is 0 Å². The lowest BCUT2D eigenvalue weighted by Crippen LogP contribution is -2.28. The second-order valence-electron chi connectivity index (χ2n) is 4.20. The van der Waals surface area contributed by atoms with Gasteiger partial charge in [-0.05, 0) is 24.3 Å². The molecule has 6 nitrogen and oxygen atoms in total. The van der Waals surface area contributed by atoms with E-state index < -0.39 is 0 Å². The molecule has 0 fully saturated rings. The van der Waals surface area contributed by atoms with E-state index in [0.717, 1.165) is 0 Å². The number of carbonyl (C=O) groups is 2. The maximum atomic E-state index is 11.2. The lowest BCUT2D eigenvalue weighted by molar-refractivity contribution is -0.127. The van der Waals surface area contributed by atoms with Gasteiger partial charge in [0.2, 0.25) is 11.8 Å². The third-order valence-electron chi connectivity index (χ3n) is 2.61. The monoisotopic (exact) mass is 275 g/mol. The Morgan fingerprint density at radius 3 is 2.55 bits per heavy atom. The highest BCUT2D eigenvalue weighted by Gasteiger charge is 2.03. The Bertz CT molecular complexity index is 505. The van der Waals surface area contributed by atoms with E-state index in [4.69, 9.17) is 10.00 Å². The van der Waals surface area contributed by atoms with Gasteiger partial charge in [-0.3, -0.25) is 9.59 Å². The number of carbonyl (C=O) groups excluding carboxylic acids is 2. The van der Waals surface area contributed by atoms with Crippen molar-refractivity contribution < 1.29 is 14.3 Å². The zero-order valence-corrected chi connectivity index (χ0v) is 11.5. The zero-order chi connectivity index (χ0) is 15.0. The fraction of sp³-hybridized carbons (Fsp3) is 0.357. The molecule has 0 aliphatic carbocycles. The number of hydrogen-bond donors (Lipinski definition) is 1. The van der Waals surface area contributed by atoms with Gasteiger partial charge in [0.05, 0.1) is 12.6 Å². The summed E-state index contributed by atoms with van der Waals surface area (Å²) < 4.78 is 5.48. The average Bonchev–Trinajstić information content (AvgIpc) is 2.40. The fourth-order valence-electron chi connectivity index (χ4n) is 1.37. The van der Waals surface area contributed by atoms with Crippen LogP contribution < -0.4 is 10.1 Å². The molecular formula is C14H17N3O3. The van der Waals surface area contributed by atoms with Crippen LogP contribution in [0, 0.1) is 11.3 Å². The van der Waals surface area contributed by atoms with Crippen LogP contribution in [0.1, 0.15) is 13.3 Å². The Labute approximate surface area is 117 Å². The van der Waals surface area contributed by atoms with Crippen molar-refractivity contribution >= 4 is 17.5 Å². The van der Waals surface area contributed by atoms with Crippen molar-refractivity contribution in [1.82, 2.24) is 4.90 Å². The first kappa shape index (κ1) is 15.5. The molecule has 0 aromatic heterocycles. The molecule has 0 atom stereocenters. The van der Waals surface area contributed by atoms with Crippen molar-refractivity contribution in [2.75, 3.05) is 25.5 Å². The third kappa shape index (κ3) is 5.40. The topological polar surface area (TPSA) is 82.4 Å². The first-order chi connectivity index (χ1) is 9.52. The van der Waals surface area contributed by atoms with Crippen LogP contribution in [-0.4, -0.2) is 36.9 Å². The first-order valence-electron chi connectivity index (χ1n) is 6.14. The largest absolute Gasteiger partial charge is 0.492 e. The maximum Gasteiger partial charge on any atom is 0.238 e. The molecule has 0 radical (unpaired) electrons. The number of anilines is 1. The van der Waals surface area contributed by atoms with Gasteiger partial charge in [0.25, 0.3) is 0 Å². The number of hydrogen-bond acceptors (Lipinski definition) is 4. The number of amides is 2. The van der Waals surface area contributed by atoms with Crippen LogP contribution in [0.25, 0.3) is 0 Å². The second-order valence-corrected chi connectivity index (χ2v) is 4.20. The number of ether oxygens (including phenoxy) is 1. The van der Waals surface area contributed by atoms with Gasteiger partial charge in [0, 0.05) is 19.7 Å². The SMILES string of the molecule is CC(=O)N(C)CCOc1ccc(NC(=O)CC#N)cc1. The lowest BCUT2D eigenvalue weighted by Gasteiger charge is -2.15. The molecule has 0 bridgehead atoms. The van der Waals surface area contributed by atoms with Gasteiger partial charge in [0.1, 0.15) is 18.8 Å². The predicted molar refractivity (Wildman–Crippen MR) is 74.1 cm³/mol. The molecule has 1 aromatic rings. The summed E-state index contributed by atoms with van der Waals surface area (Å²) in [6.45, 7) is 2.41. The van der Waals surface area contributed by atoms with Crippen LogP contribution in [0.5, 0.6) is 5.75 Å². The molecule has 0 unspecified atom stereocenters. The van der Waals surface area contributed by atoms with Gasteiger partial charge in [-0.25, -0.2) is 0 Å². The van der Waals surface area contributed by atoms with Gasteiger partial charge in [-0.2, -0.15) is 5.26 Å². The van der Waals surface area contributed by atoms with Crippen molar-refractivity contribution in [1.29, 1.82) is 5.26 Å². The molecule has 1 N–H and O–H groups in total. The smallest absolute Gasteiger partial charge is 0.238 e. The van der Waals surface area contributed by atoms with Crippen molar-refractivity contribution in [3.8, 4) is 11.8 Å². The Morgan fingerprint density at radius 2 is 2.00 bits per heavy atom. The van der Waals surface area contributed by atoms with Crippen LogP contribution in [0.4, 0.5) is 5.69 Å². The van der Waals surface area contributed by atoms with E-state index in [2.05, 4.69) is 5.32 Å². The second kappa shape index (κ2) is 7.79. The van der Waals surface area contributed by atoms with Crippen LogP contribution >= 0.6 is 0 Å². The number of nitrogens with one attached hydrogen (secondary N) is 1. The summed E-state index contributed by atoms with van der Waals surface area (Å²) in [6.07, 6.45) is -0.171. The van der Waals surface area contributed by atoms with Crippen LogP contribution in [0.3, 0.4) is 0 Å². The predicted octanol–water partition coefficient (Wildman–Crippen LogP) is 1.40. The van der Waals surface area contributed by atoms with Gasteiger partial charge in [-0.15, -0.1) is 0 Å². The zero-order valence-electron chi connectivity index (χ0n) is 11.5. The maximum absolute atomic E-state index is 11.2. The summed E-state index contributed by atoms with van der Waals surface area (Å²) >= 11 is 0. The summed E-state index contributed by atoms with van der Waals surface area (Å²) in [4.78, 5) is 23.8. The quantitative estimate of drug-likeness (QED) is 0.850. The molecule has 2 amide bonds. The third-order valence-corrected chi connectivity index (χ3v) is 2.61. The molecule has 0 saturated carbocycles. The normalized spacial score (nSPS) is 9.45. The number of nitriles is 1. The minimum Gasteiger partial charge on any atom is -0.492 e. The Hall–Kier alpha value is -2.55. The molecule has 0 spiro atoms. The lowest BCUT2D eigenvalue weighted by atomic mass is 10.3. The van der Waals surface area contributed by atoms with Crippen molar-refractivity contribution in [2.24, 2.45) is 0 Å². The molecule has 6 heteroatoms. The summed E-state index contributed by atoms with van der Waals surface area (Å²) in [5.41, 5.74) is 0.610. The van der Waals surface area contributed by atoms with E-state index in [0.29, 0.717) is 24.6 Å². The van der Waals surface area contributed by atoms with Gasteiger partial charge in [-0.1, -0.05) is 0 Å². The molecule has 0 heterocycles.